The standard InChI is InChI=1S/C8H19NO/c1-2-3-4-5-8(10)6-7-9/h8,10H,2-7,9H2,1H3. The van der Waals surface area contributed by atoms with Gasteiger partial charge in [0.05, 0.1) is 6.10 Å². The minimum atomic E-state index is -0.156. The normalized spacial score (nSPS) is 13.5. The van der Waals surface area contributed by atoms with Gasteiger partial charge in [-0.25, -0.2) is 0 Å². The molecule has 1 atom stereocenters. The molecule has 0 bridgehead atoms. The van der Waals surface area contributed by atoms with Gasteiger partial charge in [0.2, 0.25) is 0 Å². The van der Waals surface area contributed by atoms with E-state index < -0.39 is 0 Å². The van der Waals surface area contributed by atoms with Crippen LogP contribution in [-0.4, -0.2) is 17.8 Å². The summed E-state index contributed by atoms with van der Waals surface area (Å²) in [5.74, 6) is 0. The van der Waals surface area contributed by atoms with Crippen LogP contribution in [0.4, 0.5) is 0 Å². The molecule has 1 unspecified atom stereocenters. The Morgan fingerprint density at radius 3 is 2.50 bits per heavy atom. The first-order valence-electron chi connectivity index (χ1n) is 4.19. The van der Waals surface area contributed by atoms with Crippen LogP contribution in [0.1, 0.15) is 39.0 Å². The highest BCUT2D eigenvalue weighted by atomic mass is 16.3. The SMILES string of the molecule is CCCCCC(O)CCN. The van der Waals surface area contributed by atoms with Crippen molar-refractivity contribution in [1.29, 1.82) is 0 Å². The predicted octanol–water partition coefficient (Wildman–Crippen LogP) is 1.28. The molecule has 0 amide bonds. The van der Waals surface area contributed by atoms with Crippen LogP contribution < -0.4 is 5.73 Å². The van der Waals surface area contributed by atoms with Crippen molar-refractivity contribution >= 4 is 0 Å². The van der Waals surface area contributed by atoms with Crippen molar-refractivity contribution in [2.45, 2.75) is 45.1 Å². The van der Waals surface area contributed by atoms with Crippen LogP contribution in [0.3, 0.4) is 0 Å². The monoisotopic (exact) mass is 145 g/mol. The molecule has 0 aromatic heterocycles. The highest BCUT2D eigenvalue weighted by Gasteiger charge is 2.00. The van der Waals surface area contributed by atoms with Gasteiger partial charge in [-0.15, -0.1) is 0 Å². The maximum Gasteiger partial charge on any atom is 0.0552 e. The van der Waals surface area contributed by atoms with Gasteiger partial charge in [-0.2, -0.15) is 0 Å². The molecular formula is C8H19NO. The minimum Gasteiger partial charge on any atom is -0.393 e. The average Bonchev–Trinajstić information content (AvgIpc) is 1.89. The Bertz CT molecular complexity index is 66.3. The smallest absolute Gasteiger partial charge is 0.0552 e. The maximum absolute atomic E-state index is 9.20. The molecule has 62 valence electrons. The molecule has 3 N–H and O–H groups in total. The van der Waals surface area contributed by atoms with E-state index in [9.17, 15) is 5.11 Å². The van der Waals surface area contributed by atoms with E-state index in [-0.39, 0.29) is 6.10 Å². The lowest BCUT2D eigenvalue weighted by molar-refractivity contribution is 0.153. The molecule has 2 heteroatoms. The summed E-state index contributed by atoms with van der Waals surface area (Å²) in [6.07, 6.45) is 5.10. The van der Waals surface area contributed by atoms with Crippen molar-refractivity contribution in [3.63, 3.8) is 0 Å². The Kier molecular flexibility index (Phi) is 6.98. The van der Waals surface area contributed by atoms with Crippen LogP contribution in [0.25, 0.3) is 0 Å². The first kappa shape index (κ1) is 9.92. The van der Waals surface area contributed by atoms with Crippen molar-refractivity contribution in [3.05, 3.63) is 0 Å². The van der Waals surface area contributed by atoms with E-state index in [4.69, 9.17) is 5.73 Å². The van der Waals surface area contributed by atoms with Gasteiger partial charge in [-0.1, -0.05) is 26.2 Å². The summed E-state index contributed by atoms with van der Waals surface area (Å²) in [6.45, 7) is 2.77. The van der Waals surface area contributed by atoms with Crippen molar-refractivity contribution in [1.82, 2.24) is 0 Å². The van der Waals surface area contributed by atoms with Crippen molar-refractivity contribution in [3.8, 4) is 0 Å². The molecule has 2 nitrogen and oxygen atoms in total. The quantitative estimate of drug-likeness (QED) is 0.553. The lowest BCUT2D eigenvalue weighted by Crippen LogP contribution is -2.12. The van der Waals surface area contributed by atoms with Gasteiger partial charge in [-0.3, -0.25) is 0 Å². The summed E-state index contributed by atoms with van der Waals surface area (Å²) in [5.41, 5.74) is 5.27. The third kappa shape index (κ3) is 6.05. The highest BCUT2D eigenvalue weighted by Crippen LogP contribution is 2.04. The summed E-state index contributed by atoms with van der Waals surface area (Å²) in [4.78, 5) is 0. The third-order valence-electron chi connectivity index (χ3n) is 1.64. The average molecular weight is 145 g/mol. The van der Waals surface area contributed by atoms with E-state index in [1.54, 1.807) is 0 Å². The molecule has 0 saturated carbocycles. The van der Waals surface area contributed by atoms with Crippen molar-refractivity contribution in [2.75, 3.05) is 6.54 Å². The third-order valence-corrected chi connectivity index (χ3v) is 1.64. The number of unbranched alkanes of at least 4 members (excludes halogenated alkanes) is 2. The molecule has 0 rings (SSSR count). The summed E-state index contributed by atoms with van der Waals surface area (Å²) in [6, 6.07) is 0. The van der Waals surface area contributed by atoms with E-state index in [1.165, 1.54) is 12.8 Å². The molecule has 0 aliphatic heterocycles. The summed E-state index contributed by atoms with van der Waals surface area (Å²) < 4.78 is 0. The van der Waals surface area contributed by atoms with Crippen LogP contribution in [0.2, 0.25) is 0 Å². The largest absolute Gasteiger partial charge is 0.393 e. The molecule has 10 heavy (non-hydrogen) atoms. The zero-order valence-electron chi connectivity index (χ0n) is 6.84. The van der Waals surface area contributed by atoms with Crippen molar-refractivity contribution < 1.29 is 5.11 Å². The highest BCUT2D eigenvalue weighted by molar-refractivity contribution is 4.55. The molecule has 0 aliphatic carbocycles. The fourth-order valence-corrected chi connectivity index (χ4v) is 0.967. The second-order valence-electron chi connectivity index (χ2n) is 2.73. The first-order chi connectivity index (χ1) is 4.81. The number of nitrogens with two attached hydrogens (primary N) is 1. The van der Waals surface area contributed by atoms with Gasteiger partial charge in [0.25, 0.3) is 0 Å². The van der Waals surface area contributed by atoms with E-state index in [0.29, 0.717) is 6.54 Å². The zero-order chi connectivity index (χ0) is 7.82. The van der Waals surface area contributed by atoms with Gasteiger partial charge in [-0.05, 0) is 19.4 Å². The van der Waals surface area contributed by atoms with E-state index in [1.807, 2.05) is 0 Å². The fourth-order valence-electron chi connectivity index (χ4n) is 0.967. The van der Waals surface area contributed by atoms with Crippen LogP contribution in [-0.2, 0) is 0 Å². The molecule has 0 spiro atoms. The number of rotatable bonds is 6. The Morgan fingerprint density at radius 1 is 1.30 bits per heavy atom. The van der Waals surface area contributed by atoms with Crippen LogP contribution in [0.15, 0.2) is 0 Å². The lowest BCUT2D eigenvalue weighted by Gasteiger charge is -2.06. The van der Waals surface area contributed by atoms with E-state index in [0.717, 1.165) is 19.3 Å². The number of hydrogen-bond acceptors (Lipinski definition) is 2. The Hall–Kier alpha value is -0.0800. The van der Waals surface area contributed by atoms with Crippen LogP contribution in [0.5, 0.6) is 0 Å². The van der Waals surface area contributed by atoms with Gasteiger partial charge in [0.15, 0.2) is 0 Å². The topological polar surface area (TPSA) is 46.2 Å². The lowest BCUT2D eigenvalue weighted by atomic mass is 10.1. The van der Waals surface area contributed by atoms with Gasteiger partial charge < -0.3 is 10.8 Å². The van der Waals surface area contributed by atoms with Crippen LogP contribution in [0, 0.1) is 0 Å². The van der Waals surface area contributed by atoms with Gasteiger partial charge in [0.1, 0.15) is 0 Å². The molecule has 0 aromatic carbocycles. The predicted molar refractivity (Wildman–Crippen MR) is 43.8 cm³/mol. The van der Waals surface area contributed by atoms with E-state index in [2.05, 4.69) is 6.92 Å². The maximum atomic E-state index is 9.20. The molecule has 0 radical (unpaired) electrons. The van der Waals surface area contributed by atoms with E-state index >= 15 is 0 Å². The molecule has 0 saturated heterocycles. The molecule has 0 heterocycles. The molecule has 0 aromatic rings. The summed E-state index contributed by atoms with van der Waals surface area (Å²) in [7, 11) is 0. The van der Waals surface area contributed by atoms with Gasteiger partial charge >= 0.3 is 0 Å². The number of aliphatic hydroxyl groups excluding tert-OH is 1. The van der Waals surface area contributed by atoms with Crippen LogP contribution >= 0.6 is 0 Å². The number of aliphatic hydroxyl groups is 1. The molecule has 0 aliphatic rings. The second-order valence-corrected chi connectivity index (χ2v) is 2.73. The Labute approximate surface area is 63.4 Å². The van der Waals surface area contributed by atoms with Crippen molar-refractivity contribution in [2.24, 2.45) is 5.73 Å². The minimum absolute atomic E-state index is 0.156. The molecular weight excluding hydrogens is 126 g/mol. The Balaban J connectivity index is 2.97. The number of hydrogen-bond donors (Lipinski definition) is 2. The Morgan fingerprint density at radius 2 is 2.00 bits per heavy atom. The summed E-state index contributed by atoms with van der Waals surface area (Å²) >= 11 is 0. The fraction of sp³-hybridized carbons (Fsp3) is 1.00. The summed E-state index contributed by atoms with van der Waals surface area (Å²) in [5, 5.41) is 9.20. The second kappa shape index (κ2) is 7.03. The molecule has 0 fully saturated rings. The first-order valence-corrected chi connectivity index (χ1v) is 4.19. The zero-order valence-corrected chi connectivity index (χ0v) is 6.84. The van der Waals surface area contributed by atoms with Gasteiger partial charge in [0, 0.05) is 0 Å².